The van der Waals surface area contributed by atoms with Gasteiger partial charge in [-0.05, 0) is 49.4 Å². The molecule has 4 aromatic rings. The number of carbonyl (C=O) groups is 2. The van der Waals surface area contributed by atoms with E-state index in [9.17, 15) is 14.0 Å². The van der Waals surface area contributed by atoms with Crippen molar-refractivity contribution in [2.24, 2.45) is 7.05 Å². The number of rotatable bonds is 4. The smallest absolute Gasteiger partial charge is 0.291 e. The molecule has 0 saturated carbocycles. The number of furan rings is 1. The third kappa shape index (κ3) is 3.07. The Morgan fingerprint density at radius 3 is 2.57 bits per heavy atom. The Kier molecular flexibility index (Phi) is 4.27. The molecule has 2 aromatic carbocycles. The molecule has 7 heteroatoms. The first-order chi connectivity index (χ1) is 13.4. The van der Waals surface area contributed by atoms with Crippen LogP contribution in [0.25, 0.3) is 11.0 Å². The van der Waals surface area contributed by atoms with Crippen LogP contribution in [0.3, 0.4) is 0 Å². The zero-order valence-electron chi connectivity index (χ0n) is 15.2. The second kappa shape index (κ2) is 6.77. The molecule has 0 aliphatic rings. The summed E-state index contributed by atoms with van der Waals surface area (Å²) in [4.78, 5) is 29.0. The summed E-state index contributed by atoms with van der Waals surface area (Å²) in [6.07, 6.45) is 3.26. The molecule has 0 bridgehead atoms. The molecule has 0 aliphatic heterocycles. The molecule has 2 heterocycles. The van der Waals surface area contributed by atoms with Crippen LogP contribution in [0.2, 0.25) is 0 Å². The van der Waals surface area contributed by atoms with Crippen LogP contribution in [0.15, 0.2) is 59.3 Å². The van der Waals surface area contributed by atoms with Crippen molar-refractivity contribution < 1.29 is 18.4 Å². The first-order valence-corrected chi connectivity index (χ1v) is 8.56. The maximum Gasteiger partial charge on any atom is 0.291 e. The number of benzene rings is 2. The van der Waals surface area contributed by atoms with Crippen LogP contribution in [0, 0.1) is 12.7 Å². The standard InChI is InChI=1S/C21H16FN3O3/c1-12-16-11-14(22)5-8-17(16)28-19(12)21(27)24-15-6-3-13(4-7-15)18(26)20-23-9-10-25(20)2/h3-11H,1-2H3,(H,24,27). The summed E-state index contributed by atoms with van der Waals surface area (Å²) in [5, 5.41) is 3.28. The number of amides is 1. The van der Waals surface area contributed by atoms with Crippen molar-refractivity contribution in [1.29, 1.82) is 0 Å². The Morgan fingerprint density at radius 1 is 1.14 bits per heavy atom. The van der Waals surface area contributed by atoms with E-state index in [0.29, 0.717) is 33.6 Å². The van der Waals surface area contributed by atoms with E-state index in [0.717, 1.165) is 0 Å². The summed E-state index contributed by atoms with van der Waals surface area (Å²) < 4.78 is 20.6. The second-order valence-corrected chi connectivity index (χ2v) is 6.42. The highest BCUT2D eigenvalue weighted by Gasteiger charge is 2.19. The van der Waals surface area contributed by atoms with Crippen LogP contribution >= 0.6 is 0 Å². The van der Waals surface area contributed by atoms with E-state index in [4.69, 9.17) is 4.42 Å². The minimum absolute atomic E-state index is 0.119. The molecule has 2 aromatic heterocycles. The van der Waals surface area contributed by atoms with E-state index in [1.54, 1.807) is 55.2 Å². The fraction of sp³-hybridized carbons (Fsp3) is 0.0952. The maximum absolute atomic E-state index is 13.4. The normalized spacial score (nSPS) is 11.0. The van der Waals surface area contributed by atoms with Gasteiger partial charge in [0.15, 0.2) is 11.6 Å². The van der Waals surface area contributed by atoms with Crippen molar-refractivity contribution in [3.8, 4) is 0 Å². The van der Waals surface area contributed by atoms with Gasteiger partial charge in [0.2, 0.25) is 5.78 Å². The topological polar surface area (TPSA) is 77.1 Å². The zero-order valence-corrected chi connectivity index (χ0v) is 15.2. The predicted molar refractivity (Wildman–Crippen MR) is 102 cm³/mol. The van der Waals surface area contributed by atoms with Gasteiger partial charge in [-0.3, -0.25) is 9.59 Å². The van der Waals surface area contributed by atoms with Crippen LogP contribution in [0.4, 0.5) is 10.1 Å². The molecule has 140 valence electrons. The van der Waals surface area contributed by atoms with Crippen LogP contribution in [-0.2, 0) is 7.05 Å². The van der Waals surface area contributed by atoms with Crippen LogP contribution in [0.1, 0.15) is 32.3 Å². The predicted octanol–water partition coefficient (Wildman–Crippen LogP) is 4.10. The third-order valence-corrected chi connectivity index (χ3v) is 4.53. The fourth-order valence-electron chi connectivity index (χ4n) is 3.02. The van der Waals surface area contributed by atoms with Crippen LogP contribution in [-0.4, -0.2) is 21.2 Å². The number of imidazole rings is 1. The first kappa shape index (κ1) is 17.7. The number of carbonyl (C=O) groups excluding carboxylic acids is 2. The highest BCUT2D eigenvalue weighted by atomic mass is 19.1. The van der Waals surface area contributed by atoms with E-state index >= 15 is 0 Å². The quantitative estimate of drug-likeness (QED) is 0.543. The third-order valence-electron chi connectivity index (χ3n) is 4.53. The fourth-order valence-corrected chi connectivity index (χ4v) is 3.02. The van der Waals surface area contributed by atoms with E-state index in [-0.39, 0.29) is 11.5 Å². The molecular weight excluding hydrogens is 361 g/mol. The molecule has 0 saturated heterocycles. The van der Waals surface area contributed by atoms with Crippen molar-refractivity contribution in [2.75, 3.05) is 5.32 Å². The van der Waals surface area contributed by atoms with E-state index in [1.807, 2.05) is 0 Å². The lowest BCUT2D eigenvalue weighted by Gasteiger charge is -2.06. The lowest BCUT2D eigenvalue weighted by molar-refractivity contribution is 0.0996. The SMILES string of the molecule is Cc1c(C(=O)Nc2ccc(C(=O)c3nccn3C)cc2)oc2ccc(F)cc12. The molecule has 0 radical (unpaired) electrons. The minimum atomic E-state index is -0.447. The van der Waals surface area contributed by atoms with Crippen molar-refractivity contribution in [2.45, 2.75) is 6.92 Å². The first-order valence-electron chi connectivity index (χ1n) is 8.56. The molecule has 28 heavy (non-hydrogen) atoms. The number of aromatic nitrogens is 2. The molecule has 0 atom stereocenters. The summed E-state index contributed by atoms with van der Waals surface area (Å²) >= 11 is 0. The van der Waals surface area contributed by atoms with Gasteiger partial charge in [0.05, 0.1) is 0 Å². The lowest BCUT2D eigenvalue weighted by atomic mass is 10.1. The number of ketones is 1. The summed E-state index contributed by atoms with van der Waals surface area (Å²) in [5.74, 6) is -0.593. The lowest BCUT2D eigenvalue weighted by Crippen LogP contribution is -2.13. The zero-order chi connectivity index (χ0) is 19.8. The summed E-state index contributed by atoms with van der Waals surface area (Å²) in [7, 11) is 1.75. The van der Waals surface area contributed by atoms with Crippen molar-refractivity contribution >= 4 is 28.3 Å². The molecule has 0 unspecified atom stereocenters. The maximum atomic E-state index is 13.4. The molecule has 6 nitrogen and oxygen atoms in total. The van der Waals surface area contributed by atoms with Crippen LogP contribution in [0.5, 0.6) is 0 Å². The Hall–Kier alpha value is -3.74. The summed E-state index contributed by atoms with van der Waals surface area (Å²) in [5.41, 5.74) is 1.98. The minimum Gasteiger partial charge on any atom is -0.451 e. The van der Waals surface area contributed by atoms with Crippen molar-refractivity contribution in [3.05, 3.63) is 83.4 Å². The number of hydrogen-bond donors (Lipinski definition) is 1. The van der Waals surface area contributed by atoms with Gasteiger partial charge in [0.25, 0.3) is 5.91 Å². The van der Waals surface area contributed by atoms with Gasteiger partial charge in [-0.15, -0.1) is 0 Å². The van der Waals surface area contributed by atoms with Crippen molar-refractivity contribution in [3.63, 3.8) is 0 Å². The van der Waals surface area contributed by atoms with Crippen molar-refractivity contribution in [1.82, 2.24) is 9.55 Å². The number of fused-ring (bicyclic) bond motifs is 1. The number of nitrogens with one attached hydrogen (secondary N) is 1. The number of aryl methyl sites for hydroxylation is 2. The van der Waals surface area contributed by atoms with Gasteiger partial charge in [-0.1, -0.05) is 0 Å². The average molecular weight is 377 g/mol. The van der Waals surface area contributed by atoms with Gasteiger partial charge < -0.3 is 14.3 Å². The van der Waals surface area contributed by atoms with E-state index in [1.165, 1.54) is 18.2 Å². The Bertz CT molecular complexity index is 1210. The number of halogens is 1. The van der Waals surface area contributed by atoms with Gasteiger partial charge in [0, 0.05) is 41.6 Å². The summed E-state index contributed by atoms with van der Waals surface area (Å²) in [6.45, 7) is 1.70. The van der Waals surface area contributed by atoms with Gasteiger partial charge >= 0.3 is 0 Å². The van der Waals surface area contributed by atoms with Gasteiger partial charge in [-0.25, -0.2) is 9.37 Å². The summed E-state index contributed by atoms with van der Waals surface area (Å²) in [6, 6.07) is 10.6. The number of hydrogen-bond acceptors (Lipinski definition) is 4. The Labute approximate surface area is 159 Å². The molecule has 0 fully saturated rings. The van der Waals surface area contributed by atoms with E-state index in [2.05, 4.69) is 10.3 Å². The molecule has 1 amide bonds. The highest BCUT2D eigenvalue weighted by Crippen LogP contribution is 2.26. The number of nitrogens with zero attached hydrogens (tertiary/aromatic N) is 2. The number of anilines is 1. The largest absolute Gasteiger partial charge is 0.451 e. The average Bonchev–Trinajstić information content (AvgIpc) is 3.25. The Balaban J connectivity index is 1.55. The Morgan fingerprint density at radius 2 is 1.89 bits per heavy atom. The van der Waals surface area contributed by atoms with Gasteiger partial charge in [0.1, 0.15) is 11.4 Å². The monoisotopic (exact) mass is 377 g/mol. The molecule has 4 rings (SSSR count). The van der Waals surface area contributed by atoms with E-state index < -0.39 is 11.7 Å². The molecule has 1 N–H and O–H groups in total. The molecule has 0 spiro atoms. The second-order valence-electron chi connectivity index (χ2n) is 6.42. The van der Waals surface area contributed by atoms with Gasteiger partial charge in [-0.2, -0.15) is 0 Å². The highest BCUT2D eigenvalue weighted by molar-refractivity contribution is 6.08. The molecular formula is C21H16FN3O3. The molecule has 0 aliphatic carbocycles. The van der Waals surface area contributed by atoms with Crippen LogP contribution < -0.4 is 5.32 Å².